The van der Waals surface area contributed by atoms with E-state index in [1.807, 2.05) is 72.8 Å². The van der Waals surface area contributed by atoms with E-state index in [0.29, 0.717) is 17.0 Å². The van der Waals surface area contributed by atoms with Crippen molar-refractivity contribution in [1.82, 2.24) is 9.88 Å². The number of rotatable bonds is 6. The predicted octanol–water partition coefficient (Wildman–Crippen LogP) is 5.42. The van der Waals surface area contributed by atoms with E-state index in [9.17, 15) is 4.79 Å². The van der Waals surface area contributed by atoms with Crippen LogP contribution >= 0.6 is 0 Å². The second-order valence-electron chi connectivity index (χ2n) is 8.36. The SMILES string of the molecule is CCN1CCN(c2ncc(C(=O)Nc3ccc(Oc4ccccc4)cc3)c3ccccc23)CC1. The van der Waals surface area contributed by atoms with Crippen LogP contribution in [0.2, 0.25) is 0 Å². The third-order valence-corrected chi connectivity index (χ3v) is 6.23. The lowest BCUT2D eigenvalue weighted by molar-refractivity contribution is 0.102. The number of benzene rings is 3. The first-order chi connectivity index (χ1) is 16.7. The highest BCUT2D eigenvalue weighted by atomic mass is 16.5. The van der Waals surface area contributed by atoms with Crippen molar-refractivity contribution in [2.45, 2.75) is 6.92 Å². The molecular formula is C28H28N4O2. The summed E-state index contributed by atoms with van der Waals surface area (Å²) in [7, 11) is 0. The van der Waals surface area contributed by atoms with E-state index in [0.717, 1.165) is 55.1 Å². The molecule has 2 heterocycles. The maximum atomic E-state index is 13.2. The van der Waals surface area contributed by atoms with Crippen LogP contribution in [-0.2, 0) is 0 Å². The first-order valence-corrected chi connectivity index (χ1v) is 11.7. The lowest BCUT2D eigenvalue weighted by Gasteiger charge is -2.35. The van der Waals surface area contributed by atoms with Gasteiger partial charge in [0.05, 0.1) is 5.56 Å². The summed E-state index contributed by atoms with van der Waals surface area (Å²) in [5.41, 5.74) is 1.27. The van der Waals surface area contributed by atoms with Gasteiger partial charge in [0.15, 0.2) is 0 Å². The lowest BCUT2D eigenvalue weighted by Crippen LogP contribution is -2.46. The molecule has 172 valence electrons. The molecule has 3 aromatic carbocycles. The van der Waals surface area contributed by atoms with Gasteiger partial charge in [0.2, 0.25) is 0 Å². The van der Waals surface area contributed by atoms with Gasteiger partial charge in [-0.3, -0.25) is 4.79 Å². The molecule has 0 radical (unpaired) electrons. The average Bonchev–Trinajstić information content (AvgIpc) is 2.90. The van der Waals surface area contributed by atoms with Crippen LogP contribution in [0, 0.1) is 0 Å². The van der Waals surface area contributed by atoms with Crippen molar-refractivity contribution in [3.63, 3.8) is 0 Å². The van der Waals surface area contributed by atoms with E-state index >= 15 is 0 Å². The molecule has 0 aliphatic carbocycles. The van der Waals surface area contributed by atoms with Gasteiger partial charge in [-0.25, -0.2) is 4.98 Å². The number of nitrogens with one attached hydrogen (secondary N) is 1. The van der Waals surface area contributed by atoms with Gasteiger partial charge in [-0.2, -0.15) is 0 Å². The molecule has 1 fully saturated rings. The number of hydrogen-bond acceptors (Lipinski definition) is 5. The van der Waals surface area contributed by atoms with Gasteiger partial charge >= 0.3 is 0 Å². The van der Waals surface area contributed by atoms with Crippen molar-refractivity contribution in [1.29, 1.82) is 0 Å². The Morgan fingerprint density at radius 3 is 2.21 bits per heavy atom. The van der Waals surface area contributed by atoms with Gasteiger partial charge in [0.25, 0.3) is 5.91 Å². The zero-order valence-corrected chi connectivity index (χ0v) is 19.3. The smallest absolute Gasteiger partial charge is 0.257 e. The van der Waals surface area contributed by atoms with Crippen molar-refractivity contribution in [2.24, 2.45) is 0 Å². The van der Waals surface area contributed by atoms with Crippen molar-refractivity contribution < 1.29 is 9.53 Å². The minimum absolute atomic E-state index is 0.178. The standard InChI is InChI=1S/C28H28N4O2/c1-2-31-16-18-32(19-17-31)27-25-11-7-6-10-24(25)26(20-29-27)28(33)30-21-12-14-23(15-13-21)34-22-8-4-3-5-9-22/h3-15,20H,2,16-19H2,1H3,(H,30,33). The number of ether oxygens (including phenoxy) is 1. The molecule has 6 heteroatoms. The average molecular weight is 453 g/mol. The molecule has 4 aromatic rings. The van der Waals surface area contributed by atoms with E-state index in [2.05, 4.69) is 28.1 Å². The van der Waals surface area contributed by atoms with Crippen molar-refractivity contribution >= 4 is 28.2 Å². The summed E-state index contributed by atoms with van der Waals surface area (Å²) in [6.45, 7) is 7.19. The molecular weight excluding hydrogens is 424 g/mol. The number of anilines is 2. The molecule has 0 saturated carbocycles. The van der Waals surface area contributed by atoms with Crippen LogP contribution < -0.4 is 15.0 Å². The third-order valence-electron chi connectivity index (χ3n) is 6.23. The summed E-state index contributed by atoms with van der Waals surface area (Å²) in [6, 6.07) is 25.0. The summed E-state index contributed by atoms with van der Waals surface area (Å²) >= 11 is 0. The van der Waals surface area contributed by atoms with E-state index in [-0.39, 0.29) is 5.91 Å². The van der Waals surface area contributed by atoms with Gasteiger partial charge in [-0.05, 0) is 48.3 Å². The second kappa shape index (κ2) is 9.93. The predicted molar refractivity (Wildman–Crippen MR) is 137 cm³/mol. The number of hydrogen-bond donors (Lipinski definition) is 1. The minimum atomic E-state index is -0.178. The van der Waals surface area contributed by atoms with Crippen molar-refractivity contribution in [3.05, 3.63) is 90.6 Å². The van der Waals surface area contributed by atoms with E-state index in [1.165, 1.54) is 0 Å². The zero-order valence-electron chi connectivity index (χ0n) is 19.3. The Morgan fingerprint density at radius 2 is 1.50 bits per heavy atom. The molecule has 0 unspecified atom stereocenters. The number of carbonyl (C=O) groups is 1. The molecule has 1 N–H and O–H groups in total. The van der Waals surface area contributed by atoms with Gasteiger partial charge in [-0.15, -0.1) is 0 Å². The van der Waals surface area contributed by atoms with Gasteiger partial charge < -0.3 is 19.9 Å². The Morgan fingerprint density at radius 1 is 0.853 bits per heavy atom. The third kappa shape index (κ3) is 4.72. The van der Waals surface area contributed by atoms with Gasteiger partial charge in [-0.1, -0.05) is 49.4 Å². The van der Waals surface area contributed by atoms with Gasteiger partial charge in [0.1, 0.15) is 17.3 Å². The normalized spacial score (nSPS) is 14.2. The Kier molecular flexibility index (Phi) is 6.40. The number of likely N-dealkylation sites (N-methyl/N-ethyl adjacent to an activating group) is 1. The second-order valence-corrected chi connectivity index (χ2v) is 8.36. The number of aromatic nitrogens is 1. The van der Waals surface area contributed by atoms with Crippen LogP contribution in [0.25, 0.3) is 10.8 Å². The fourth-order valence-corrected chi connectivity index (χ4v) is 4.32. The van der Waals surface area contributed by atoms with Crippen LogP contribution in [0.15, 0.2) is 85.1 Å². The molecule has 1 aromatic heterocycles. The highest BCUT2D eigenvalue weighted by Crippen LogP contribution is 2.29. The number of pyridine rings is 1. The van der Waals surface area contributed by atoms with E-state index < -0.39 is 0 Å². The number of carbonyl (C=O) groups excluding carboxylic acids is 1. The summed E-state index contributed by atoms with van der Waals surface area (Å²) in [5, 5.41) is 4.91. The molecule has 1 aliphatic rings. The van der Waals surface area contributed by atoms with Crippen molar-refractivity contribution in [2.75, 3.05) is 42.9 Å². The maximum Gasteiger partial charge on any atom is 0.257 e. The fraction of sp³-hybridized carbons (Fsp3) is 0.214. The topological polar surface area (TPSA) is 57.7 Å². The van der Waals surface area contributed by atoms with Gasteiger partial charge in [0, 0.05) is 43.4 Å². The molecule has 0 atom stereocenters. The molecule has 1 aliphatic heterocycles. The number of para-hydroxylation sites is 1. The summed E-state index contributed by atoms with van der Waals surface area (Å²) in [6.07, 6.45) is 1.70. The van der Waals surface area contributed by atoms with E-state index in [4.69, 9.17) is 9.72 Å². The van der Waals surface area contributed by atoms with Crippen LogP contribution in [-0.4, -0.2) is 48.5 Å². The van der Waals surface area contributed by atoms with E-state index in [1.54, 1.807) is 6.20 Å². The molecule has 0 spiro atoms. The Bertz CT molecular complexity index is 1270. The first kappa shape index (κ1) is 21.9. The summed E-state index contributed by atoms with van der Waals surface area (Å²) < 4.78 is 5.83. The number of fused-ring (bicyclic) bond motifs is 1. The molecule has 6 nitrogen and oxygen atoms in total. The van der Waals surface area contributed by atoms with Crippen LogP contribution in [0.5, 0.6) is 11.5 Å². The quantitative estimate of drug-likeness (QED) is 0.423. The number of amides is 1. The number of piperazine rings is 1. The molecule has 34 heavy (non-hydrogen) atoms. The largest absolute Gasteiger partial charge is 0.457 e. The van der Waals surface area contributed by atoms with Crippen LogP contribution in [0.3, 0.4) is 0 Å². The molecule has 1 saturated heterocycles. The summed E-state index contributed by atoms with van der Waals surface area (Å²) in [5.74, 6) is 2.25. The first-order valence-electron chi connectivity index (χ1n) is 11.7. The Labute approximate surface area is 199 Å². The minimum Gasteiger partial charge on any atom is -0.457 e. The lowest BCUT2D eigenvalue weighted by atomic mass is 10.1. The highest BCUT2D eigenvalue weighted by Gasteiger charge is 2.21. The molecule has 0 bridgehead atoms. The Balaban J connectivity index is 1.33. The van der Waals surface area contributed by atoms with Crippen LogP contribution in [0.1, 0.15) is 17.3 Å². The maximum absolute atomic E-state index is 13.2. The number of nitrogens with zero attached hydrogens (tertiary/aromatic N) is 3. The highest BCUT2D eigenvalue weighted by molar-refractivity contribution is 6.14. The molecule has 5 rings (SSSR count). The van der Waals surface area contributed by atoms with Crippen LogP contribution in [0.4, 0.5) is 11.5 Å². The fourth-order valence-electron chi connectivity index (χ4n) is 4.32. The van der Waals surface area contributed by atoms with Crippen molar-refractivity contribution in [3.8, 4) is 11.5 Å². The zero-order chi connectivity index (χ0) is 23.3. The summed E-state index contributed by atoms with van der Waals surface area (Å²) in [4.78, 5) is 22.7. The monoisotopic (exact) mass is 452 g/mol. The Hall–Kier alpha value is -3.90. The molecule has 1 amide bonds.